The molecule has 5 nitrogen and oxygen atoms in total. The lowest BCUT2D eigenvalue weighted by atomic mass is 9.93. The second-order valence-electron chi connectivity index (χ2n) is 5.83. The van der Waals surface area contributed by atoms with Gasteiger partial charge in [-0.15, -0.1) is 11.3 Å². The van der Waals surface area contributed by atoms with Gasteiger partial charge in [-0.2, -0.15) is 0 Å². The minimum atomic E-state index is -0.495. The van der Waals surface area contributed by atoms with Crippen molar-refractivity contribution in [2.24, 2.45) is 5.41 Å². The monoisotopic (exact) mass is 297 g/mol. The van der Waals surface area contributed by atoms with Crippen LogP contribution in [0.15, 0.2) is 11.6 Å². The van der Waals surface area contributed by atoms with E-state index in [9.17, 15) is 9.59 Å². The van der Waals surface area contributed by atoms with Crippen molar-refractivity contribution < 1.29 is 9.59 Å². The van der Waals surface area contributed by atoms with Crippen molar-refractivity contribution in [1.29, 1.82) is 0 Å². The maximum absolute atomic E-state index is 12.4. The highest BCUT2D eigenvalue weighted by Crippen LogP contribution is 2.20. The molecule has 1 unspecified atom stereocenters. The largest absolute Gasteiger partial charge is 0.330 e. The summed E-state index contributed by atoms with van der Waals surface area (Å²) >= 11 is 1.36. The number of nitrogens with one attached hydrogen (secondary N) is 1. The summed E-state index contributed by atoms with van der Waals surface area (Å²) in [6.07, 6.45) is 2.44. The van der Waals surface area contributed by atoms with Gasteiger partial charge in [0.2, 0.25) is 11.8 Å². The average molecular weight is 297 g/mol. The molecule has 1 aromatic rings. The fourth-order valence-electron chi connectivity index (χ4n) is 1.68. The Balaban J connectivity index is 2.75. The molecule has 1 aromatic heterocycles. The molecule has 112 valence electrons. The Bertz CT molecular complexity index is 451. The highest BCUT2D eigenvalue weighted by molar-refractivity contribution is 7.13. The molecule has 0 radical (unpaired) electrons. The van der Waals surface area contributed by atoms with Crippen LogP contribution in [-0.2, 0) is 9.59 Å². The van der Waals surface area contributed by atoms with E-state index < -0.39 is 5.41 Å². The predicted octanol–water partition coefficient (Wildman–Crippen LogP) is 2.75. The van der Waals surface area contributed by atoms with Gasteiger partial charge in [-0.25, -0.2) is 4.98 Å². The van der Waals surface area contributed by atoms with E-state index in [0.29, 0.717) is 5.13 Å². The Kier molecular flexibility index (Phi) is 5.68. The second-order valence-corrected chi connectivity index (χ2v) is 6.72. The highest BCUT2D eigenvalue weighted by Gasteiger charge is 2.31. The first-order chi connectivity index (χ1) is 9.25. The lowest BCUT2D eigenvalue weighted by molar-refractivity contribution is -0.144. The van der Waals surface area contributed by atoms with Gasteiger partial charge in [0, 0.05) is 23.0 Å². The molecule has 0 aliphatic carbocycles. The van der Waals surface area contributed by atoms with E-state index in [-0.39, 0.29) is 24.4 Å². The summed E-state index contributed by atoms with van der Waals surface area (Å²) in [7, 11) is 0. The molecule has 0 bridgehead atoms. The number of carbonyl (C=O) groups is 2. The number of hydrogen-bond acceptors (Lipinski definition) is 4. The average Bonchev–Trinajstić information content (AvgIpc) is 2.85. The molecular weight excluding hydrogens is 274 g/mol. The molecule has 1 atom stereocenters. The topological polar surface area (TPSA) is 62.3 Å². The molecule has 1 heterocycles. The first-order valence-corrected chi connectivity index (χ1v) is 7.64. The minimum Gasteiger partial charge on any atom is -0.330 e. The Hall–Kier alpha value is -1.43. The van der Waals surface area contributed by atoms with Crippen molar-refractivity contribution in [3.63, 3.8) is 0 Å². The van der Waals surface area contributed by atoms with Crippen molar-refractivity contribution in [3.8, 4) is 0 Å². The molecular formula is C14H23N3O2S. The molecule has 2 amide bonds. The number of thiazole rings is 1. The number of nitrogens with zero attached hydrogens (tertiary/aromatic N) is 2. The molecule has 0 aliphatic rings. The summed E-state index contributed by atoms with van der Waals surface area (Å²) in [6.45, 7) is 9.62. The zero-order valence-electron chi connectivity index (χ0n) is 12.8. The molecule has 0 aliphatic heterocycles. The van der Waals surface area contributed by atoms with Gasteiger partial charge in [-0.05, 0) is 13.3 Å². The Morgan fingerprint density at radius 2 is 2.10 bits per heavy atom. The zero-order valence-corrected chi connectivity index (χ0v) is 13.6. The summed E-state index contributed by atoms with van der Waals surface area (Å²) < 4.78 is 0. The summed E-state index contributed by atoms with van der Waals surface area (Å²) in [5.41, 5.74) is -0.495. The Morgan fingerprint density at radius 1 is 1.45 bits per heavy atom. The third-order valence-corrected chi connectivity index (χ3v) is 3.71. The van der Waals surface area contributed by atoms with E-state index >= 15 is 0 Å². The van der Waals surface area contributed by atoms with Crippen molar-refractivity contribution in [2.75, 3.05) is 11.9 Å². The SMILES string of the molecule is CCC(C)N(CC(=O)Nc1nccs1)C(=O)C(C)(C)C. The van der Waals surface area contributed by atoms with E-state index in [2.05, 4.69) is 10.3 Å². The maximum atomic E-state index is 12.4. The van der Waals surface area contributed by atoms with Gasteiger partial charge in [-0.1, -0.05) is 27.7 Å². The van der Waals surface area contributed by atoms with Crippen molar-refractivity contribution in [3.05, 3.63) is 11.6 Å². The lowest BCUT2D eigenvalue weighted by Gasteiger charge is -2.33. The van der Waals surface area contributed by atoms with Crippen LogP contribution < -0.4 is 5.32 Å². The van der Waals surface area contributed by atoms with Gasteiger partial charge in [0.15, 0.2) is 5.13 Å². The third kappa shape index (κ3) is 4.59. The molecule has 0 saturated carbocycles. The van der Waals surface area contributed by atoms with Crippen LogP contribution in [0.1, 0.15) is 41.0 Å². The Labute approximate surface area is 124 Å². The van der Waals surface area contributed by atoms with Gasteiger partial charge >= 0.3 is 0 Å². The number of aromatic nitrogens is 1. The fraction of sp³-hybridized carbons (Fsp3) is 0.643. The summed E-state index contributed by atoms with van der Waals surface area (Å²) in [5.74, 6) is -0.223. The van der Waals surface area contributed by atoms with Crippen LogP contribution >= 0.6 is 11.3 Å². The number of rotatable bonds is 5. The van der Waals surface area contributed by atoms with Gasteiger partial charge in [-0.3, -0.25) is 9.59 Å². The van der Waals surface area contributed by atoms with E-state index in [1.807, 2.05) is 34.6 Å². The third-order valence-electron chi connectivity index (χ3n) is 3.02. The normalized spacial score (nSPS) is 12.8. The maximum Gasteiger partial charge on any atom is 0.245 e. The summed E-state index contributed by atoms with van der Waals surface area (Å²) in [6, 6.07) is 0.0313. The first kappa shape index (κ1) is 16.6. The van der Waals surface area contributed by atoms with Crippen molar-refractivity contribution in [2.45, 2.75) is 47.1 Å². The van der Waals surface area contributed by atoms with Gasteiger partial charge < -0.3 is 10.2 Å². The summed E-state index contributed by atoms with van der Waals surface area (Å²) in [5, 5.41) is 5.06. The fourth-order valence-corrected chi connectivity index (χ4v) is 2.22. The van der Waals surface area contributed by atoms with Crippen LogP contribution in [-0.4, -0.2) is 34.3 Å². The van der Waals surface area contributed by atoms with Crippen LogP contribution in [0.4, 0.5) is 5.13 Å². The molecule has 0 spiro atoms. The van der Waals surface area contributed by atoms with Gasteiger partial charge in [0.25, 0.3) is 0 Å². The molecule has 0 fully saturated rings. The standard InChI is InChI=1S/C14H23N3O2S/c1-6-10(2)17(12(19)14(3,4)5)9-11(18)16-13-15-7-8-20-13/h7-8,10H,6,9H2,1-5H3,(H,15,16,18). The number of carbonyl (C=O) groups excluding carboxylic acids is 2. The summed E-state index contributed by atoms with van der Waals surface area (Å²) in [4.78, 5) is 30.1. The first-order valence-electron chi connectivity index (χ1n) is 6.76. The number of amides is 2. The molecule has 0 saturated heterocycles. The van der Waals surface area contributed by atoms with Gasteiger partial charge in [0.1, 0.15) is 6.54 Å². The number of anilines is 1. The molecule has 20 heavy (non-hydrogen) atoms. The van der Waals surface area contributed by atoms with E-state index in [4.69, 9.17) is 0 Å². The number of hydrogen-bond donors (Lipinski definition) is 1. The van der Waals surface area contributed by atoms with Crippen LogP contribution in [0.25, 0.3) is 0 Å². The van der Waals surface area contributed by atoms with Gasteiger partial charge in [0.05, 0.1) is 0 Å². The van der Waals surface area contributed by atoms with Crippen LogP contribution in [0.2, 0.25) is 0 Å². The smallest absolute Gasteiger partial charge is 0.245 e. The van der Waals surface area contributed by atoms with Crippen LogP contribution in [0, 0.1) is 5.41 Å². The van der Waals surface area contributed by atoms with Crippen LogP contribution in [0.3, 0.4) is 0 Å². The van der Waals surface area contributed by atoms with E-state index in [1.54, 1.807) is 16.5 Å². The van der Waals surface area contributed by atoms with E-state index in [1.165, 1.54) is 11.3 Å². The Morgan fingerprint density at radius 3 is 2.55 bits per heavy atom. The molecule has 1 rings (SSSR count). The lowest BCUT2D eigenvalue weighted by Crippen LogP contribution is -2.48. The van der Waals surface area contributed by atoms with Crippen molar-refractivity contribution in [1.82, 2.24) is 9.88 Å². The van der Waals surface area contributed by atoms with Crippen molar-refractivity contribution >= 4 is 28.3 Å². The highest BCUT2D eigenvalue weighted by atomic mass is 32.1. The van der Waals surface area contributed by atoms with Crippen LogP contribution in [0.5, 0.6) is 0 Å². The molecule has 0 aromatic carbocycles. The zero-order chi connectivity index (χ0) is 15.3. The van der Waals surface area contributed by atoms with E-state index in [0.717, 1.165) is 6.42 Å². The quantitative estimate of drug-likeness (QED) is 0.909. The predicted molar refractivity (Wildman–Crippen MR) is 81.7 cm³/mol. The minimum absolute atomic E-state index is 0.0128. The second kappa shape index (κ2) is 6.83. The molecule has 6 heteroatoms. The molecule has 1 N–H and O–H groups in total.